The third-order valence-corrected chi connectivity index (χ3v) is 19.9. The summed E-state index contributed by atoms with van der Waals surface area (Å²) in [4.78, 5) is 18.1. The molecule has 25 heteroatoms. The summed E-state index contributed by atoms with van der Waals surface area (Å²) >= 11 is 3.35. The number of ketones is 1. The van der Waals surface area contributed by atoms with Gasteiger partial charge in [0.15, 0.2) is 5.78 Å². The van der Waals surface area contributed by atoms with Crippen molar-refractivity contribution >= 4 is 154 Å². The Balaban J connectivity index is 0.000000158. The Bertz CT molecular complexity index is 5170. The molecule has 0 fully saturated rings. The van der Waals surface area contributed by atoms with Gasteiger partial charge in [0.2, 0.25) is 0 Å². The Labute approximate surface area is 721 Å². The van der Waals surface area contributed by atoms with Gasteiger partial charge in [0, 0.05) is 166 Å². The summed E-state index contributed by atoms with van der Waals surface area (Å²) in [6, 6.07) is 119. The first-order chi connectivity index (χ1) is 58.8. The summed E-state index contributed by atoms with van der Waals surface area (Å²) in [5, 5.41) is 6.47. The molecule has 0 radical (unpaired) electrons. The summed E-state index contributed by atoms with van der Waals surface area (Å²) in [7, 11) is -1.17. The molecule has 122 heavy (non-hydrogen) atoms. The smallest absolute Gasteiger partial charge is 0.193 e. The molecule has 16 rings (SSSR count). The first-order valence-corrected chi connectivity index (χ1v) is 40.5. The topological polar surface area (TPSA) is 493 Å². The van der Waals surface area contributed by atoms with Crippen molar-refractivity contribution in [2.24, 2.45) is 0 Å². The third kappa shape index (κ3) is 32.6. The summed E-state index contributed by atoms with van der Waals surface area (Å²) in [6.45, 7) is 0. The second-order valence-electron chi connectivity index (χ2n) is 26.7. The zero-order valence-corrected chi connectivity index (χ0v) is 69.0. The molecule has 0 aliphatic carbocycles. The summed E-state index contributed by atoms with van der Waals surface area (Å²) in [6.07, 6.45) is 0. The maximum atomic E-state index is 12.1. The van der Waals surface area contributed by atoms with Crippen LogP contribution in [-0.4, -0.2) is 9.99 Å². The van der Waals surface area contributed by atoms with E-state index < -0.39 is 10.8 Å². The van der Waals surface area contributed by atoms with E-state index in [-0.39, 0.29) is 5.78 Å². The lowest BCUT2D eigenvalue weighted by molar-refractivity contribution is 0.103. The number of nitrogens with two attached hydrogens (primary N) is 16. The van der Waals surface area contributed by atoms with Gasteiger partial charge in [-0.1, -0.05) is 84.2 Å². The molecule has 0 aliphatic rings. The van der Waals surface area contributed by atoms with Gasteiger partial charge < -0.3 is 112 Å². The summed E-state index contributed by atoms with van der Waals surface area (Å²) in [5.74, 6) is 2.86. The van der Waals surface area contributed by atoms with Crippen LogP contribution < -0.4 is 112 Å². The minimum Gasteiger partial charge on any atom is -0.457 e. The average molecular weight is 1680 g/mol. The van der Waals surface area contributed by atoms with Crippen molar-refractivity contribution in [1.29, 1.82) is 0 Å². The van der Waals surface area contributed by atoms with Crippen molar-refractivity contribution in [1.82, 2.24) is 0 Å². The number of anilines is 20. The van der Waals surface area contributed by atoms with Crippen LogP contribution >= 0.6 is 23.5 Å². The van der Waals surface area contributed by atoms with Crippen LogP contribution in [0.25, 0.3) is 0 Å². The molecule has 0 bridgehead atoms. The zero-order valence-electron chi connectivity index (χ0n) is 66.5. The quantitative estimate of drug-likeness (QED) is 0.0315. The van der Waals surface area contributed by atoms with E-state index in [1.807, 2.05) is 255 Å². The zero-order chi connectivity index (χ0) is 87.1. The van der Waals surface area contributed by atoms with E-state index in [9.17, 15) is 9.00 Å². The first kappa shape index (κ1) is 90.0. The lowest BCUT2D eigenvalue weighted by Crippen LogP contribution is -2.02. The van der Waals surface area contributed by atoms with Gasteiger partial charge in [0.25, 0.3) is 0 Å². The minimum atomic E-state index is -1.17. The molecule has 34 N–H and O–H groups in total. The first-order valence-electron chi connectivity index (χ1n) is 37.7. The molecule has 0 spiro atoms. The predicted molar refractivity (Wildman–Crippen MR) is 517 cm³/mol. The monoisotopic (exact) mass is 1670 g/mol. The molecule has 0 atom stereocenters. The van der Waals surface area contributed by atoms with Crippen molar-refractivity contribution in [2.75, 3.05) is 102 Å². The fraction of sp³-hybridized carbons (Fsp3) is 0. The highest BCUT2D eigenvalue weighted by molar-refractivity contribution is 7.99. The highest BCUT2D eigenvalue weighted by Crippen LogP contribution is 2.33. The van der Waals surface area contributed by atoms with Crippen LogP contribution in [0.5, 0.6) is 23.0 Å². The fourth-order valence-electron chi connectivity index (χ4n) is 10.5. The van der Waals surface area contributed by atoms with Gasteiger partial charge in [0.05, 0.1) is 10.8 Å². The molecular formula is C97H98N18O4S3. The second-order valence-corrected chi connectivity index (χ2v) is 30.5. The molecule has 0 saturated heterocycles. The molecular weight excluding hydrogens is 1580 g/mol. The van der Waals surface area contributed by atoms with Gasteiger partial charge in [-0.05, 0) is 315 Å². The van der Waals surface area contributed by atoms with Crippen molar-refractivity contribution in [3.8, 4) is 23.0 Å². The van der Waals surface area contributed by atoms with Crippen LogP contribution in [0.1, 0.15) is 15.9 Å². The van der Waals surface area contributed by atoms with Gasteiger partial charge in [-0.2, -0.15) is 0 Å². The van der Waals surface area contributed by atoms with Crippen LogP contribution in [0, 0.1) is 0 Å². The van der Waals surface area contributed by atoms with Gasteiger partial charge in [-0.3, -0.25) is 4.79 Å². The number of carbonyl (C=O) groups excluding carboxylic acids is 1. The van der Waals surface area contributed by atoms with Crippen LogP contribution in [0.4, 0.5) is 114 Å². The van der Waals surface area contributed by atoms with Gasteiger partial charge in [-0.25, -0.2) is 4.21 Å². The lowest BCUT2D eigenvalue weighted by Gasteiger charge is -2.07. The van der Waals surface area contributed by atoms with Gasteiger partial charge in [-0.15, -0.1) is 0 Å². The number of hydrogen-bond donors (Lipinski definition) is 18. The Kier molecular flexibility index (Phi) is 34.4. The number of nitrogens with one attached hydrogen (secondary N) is 2. The van der Waals surface area contributed by atoms with E-state index in [2.05, 4.69) is 10.6 Å². The van der Waals surface area contributed by atoms with Gasteiger partial charge >= 0.3 is 0 Å². The standard InChI is InChI=1S/C13H12N2O.2C12H13N3.C12H12N2OS.2C12H12N2O.2C12H12N2S/c14-11-5-1-3-9(7-11)13(16)10-4-2-6-12(15)8-10;13-9-1-5-11(6-2-9)15-12-7-3-10(14)4-8-12;13-9-3-1-5-11(7-9)15-12-6-2-4-10(14)8-12;13-9-1-5-11(6-2-9)16(15)12-7-3-10(14)4-8-12;13-9-1-5-11(6-2-9)15-12-7-3-10(14)4-8-12;13-9-3-1-5-11(7-9)15-12-6-2-4-10(14)8-12;13-9-1-5-11(6-2-9)15-12-7-3-10(14)4-8-12;13-9-3-1-5-11(7-9)15-12-6-2-4-10(14)8-12/h1-8H,14-15H2;2*1-8,15H,13-14H2;1-8H,13-14H2;4*1-8H,13-14H2. The normalized spacial score (nSPS) is 10.0. The Morgan fingerprint density at radius 3 is 0.770 bits per heavy atom. The van der Waals surface area contributed by atoms with Crippen LogP contribution in [0.2, 0.25) is 0 Å². The van der Waals surface area contributed by atoms with Crippen LogP contribution in [-0.2, 0) is 10.8 Å². The largest absolute Gasteiger partial charge is 0.457 e. The maximum Gasteiger partial charge on any atom is 0.193 e. The summed E-state index contributed by atoms with van der Waals surface area (Å²) in [5.41, 5.74) is 106. The van der Waals surface area contributed by atoms with Crippen molar-refractivity contribution in [3.63, 3.8) is 0 Å². The molecule has 0 amide bonds. The van der Waals surface area contributed by atoms with Crippen LogP contribution in [0.3, 0.4) is 0 Å². The third-order valence-electron chi connectivity index (χ3n) is 16.6. The van der Waals surface area contributed by atoms with E-state index in [0.29, 0.717) is 56.8 Å². The van der Waals surface area contributed by atoms with Crippen molar-refractivity contribution < 1.29 is 18.5 Å². The highest BCUT2D eigenvalue weighted by atomic mass is 32.2. The van der Waals surface area contributed by atoms with Crippen LogP contribution in [0.15, 0.2) is 418 Å². The molecule has 0 unspecified atom stereocenters. The van der Waals surface area contributed by atoms with E-state index in [4.69, 9.17) is 101 Å². The number of rotatable bonds is 16. The van der Waals surface area contributed by atoms with E-state index in [1.54, 1.807) is 157 Å². The van der Waals surface area contributed by atoms with Crippen molar-refractivity contribution in [3.05, 3.63) is 399 Å². The second kappa shape index (κ2) is 46.7. The molecule has 0 aliphatic heterocycles. The average Bonchev–Trinajstić information content (AvgIpc) is 0.761. The lowest BCUT2D eigenvalue weighted by atomic mass is 10.0. The summed E-state index contributed by atoms with van der Waals surface area (Å²) < 4.78 is 23.3. The van der Waals surface area contributed by atoms with Crippen molar-refractivity contribution in [2.45, 2.75) is 29.4 Å². The molecule has 22 nitrogen and oxygen atoms in total. The molecule has 16 aromatic carbocycles. The number of carbonyl (C=O) groups is 1. The van der Waals surface area contributed by atoms with E-state index >= 15 is 0 Å². The molecule has 16 aromatic rings. The number of hydrogen-bond acceptors (Lipinski definition) is 24. The molecule has 618 valence electrons. The molecule has 0 saturated carbocycles. The predicted octanol–water partition coefficient (Wildman–Crippen LogP) is 20.6. The van der Waals surface area contributed by atoms with E-state index in [0.717, 1.165) is 111 Å². The highest BCUT2D eigenvalue weighted by Gasteiger charge is 2.11. The SMILES string of the molecule is Nc1ccc(Nc2ccc(N)cc2)cc1.Nc1ccc(Oc2ccc(N)cc2)cc1.Nc1ccc(S(=O)c2ccc(N)cc2)cc1.Nc1ccc(Sc2ccc(N)cc2)cc1.Nc1cccc(C(=O)c2cccc(N)c2)c1.Nc1cccc(Nc2cccc(N)c2)c1.Nc1cccc(Oc2cccc(N)c2)c1.Nc1cccc(Sc2cccc(N)c2)c1. The minimum absolute atomic E-state index is 0.0698. The fourth-order valence-corrected chi connectivity index (χ4v) is 13.4. The number of benzene rings is 16. The number of ether oxygens (including phenoxy) is 2. The van der Waals surface area contributed by atoms with Gasteiger partial charge in [0.1, 0.15) is 23.0 Å². The Morgan fingerprint density at radius 1 is 0.213 bits per heavy atom. The maximum absolute atomic E-state index is 12.1. The molecule has 0 aromatic heterocycles. The Hall–Kier alpha value is -16.0. The van der Waals surface area contributed by atoms with E-state index in [1.165, 1.54) is 9.79 Å². The molecule has 0 heterocycles. The number of nitrogen functional groups attached to an aromatic ring is 16. The Morgan fingerprint density at radius 2 is 0.459 bits per heavy atom.